The number of ether oxygens (including phenoxy) is 1. The summed E-state index contributed by atoms with van der Waals surface area (Å²) >= 11 is 0. The van der Waals surface area contributed by atoms with Gasteiger partial charge in [0.15, 0.2) is 0 Å². The lowest BCUT2D eigenvalue weighted by Crippen LogP contribution is -2.35. The highest BCUT2D eigenvalue weighted by Crippen LogP contribution is 2.36. The first-order chi connectivity index (χ1) is 7.99. The molecule has 0 spiro atoms. The molecule has 98 valence electrons. The fraction of sp³-hybridized carbons (Fsp3) is 0.769. The molecule has 4 heteroatoms. The molecule has 1 N–H and O–H groups in total. The zero-order valence-corrected chi connectivity index (χ0v) is 10.9. The van der Waals surface area contributed by atoms with Gasteiger partial charge in [0.05, 0.1) is 6.61 Å². The first kappa shape index (κ1) is 14.2. The van der Waals surface area contributed by atoms with Crippen LogP contribution in [0.2, 0.25) is 0 Å². The quantitative estimate of drug-likeness (QED) is 0.356. The summed E-state index contributed by atoms with van der Waals surface area (Å²) in [7, 11) is 0. The van der Waals surface area contributed by atoms with Crippen LogP contribution in [0.4, 0.5) is 0 Å². The minimum absolute atomic E-state index is 0.238. The van der Waals surface area contributed by atoms with Gasteiger partial charge in [0.2, 0.25) is 0 Å². The summed E-state index contributed by atoms with van der Waals surface area (Å²) < 4.78 is 4.90. The van der Waals surface area contributed by atoms with Crippen molar-refractivity contribution in [2.24, 2.45) is 5.92 Å². The van der Waals surface area contributed by atoms with Crippen molar-refractivity contribution in [1.29, 1.82) is 0 Å². The maximum absolute atomic E-state index is 11.4. The van der Waals surface area contributed by atoms with Gasteiger partial charge in [-0.1, -0.05) is 5.57 Å². The minimum atomic E-state index is -0.561. The van der Waals surface area contributed by atoms with E-state index in [1.165, 1.54) is 0 Å². The van der Waals surface area contributed by atoms with Crippen molar-refractivity contribution in [2.75, 3.05) is 6.61 Å². The summed E-state index contributed by atoms with van der Waals surface area (Å²) in [5.41, 5.74) is 0.526. The highest BCUT2D eigenvalue weighted by atomic mass is 17.1. The van der Waals surface area contributed by atoms with Gasteiger partial charge >= 0.3 is 5.97 Å². The maximum atomic E-state index is 11.4. The smallest absolute Gasteiger partial charge is 0.330 e. The second-order valence-electron chi connectivity index (χ2n) is 5.04. The Balaban J connectivity index is 2.63. The second kappa shape index (κ2) is 6.17. The third-order valence-electron chi connectivity index (χ3n) is 3.39. The molecule has 1 rings (SSSR count). The van der Waals surface area contributed by atoms with Gasteiger partial charge in [-0.05, 0) is 52.4 Å². The number of carbonyl (C=O) groups excluding carboxylic acids is 1. The molecule has 0 aliphatic heterocycles. The molecule has 0 radical (unpaired) electrons. The van der Waals surface area contributed by atoms with Crippen LogP contribution in [-0.4, -0.2) is 23.4 Å². The van der Waals surface area contributed by atoms with Gasteiger partial charge in [0, 0.05) is 6.08 Å². The van der Waals surface area contributed by atoms with E-state index in [1.807, 2.05) is 13.8 Å². The van der Waals surface area contributed by atoms with Crippen LogP contribution in [-0.2, 0) is 14.4 Å². The van der Waals surface area contributed by atoms with Crippen LogP contribution >= 0.6 is 0 Å². The third-order valence-corrected chi connectivity index (χ3v) is 3.39. The van der Waals surface area contributed by atoms with E-state index < -0.39 is 5.60 Å². The van der Waals surface area contributed by atoms with Crippen LogP contribution in [0.25, 0.3) is 0 Å². The summed E-state index contributed by atoms with van der Waals surface area (Å²) in [5, 5.41) is 8.89. The van der Waals surface area contributed by atoms with Gasteiger partial charge in [0.1, 0.15) is 5.60 Å². The van der Waals surface area contributed by atoms with Crippen LogP contribution in [0.1, 0.15) is 46.5 Å². The lowest BCUT2D eigenvalue weighted by Gasteiger charge is -2.34. The topological polar surface area (TPSA) is 55.8 Å². The van der Waals surface area contributed by atoms with E-state index >= 15 is 0 Å². The van der Waals surface area contributed by atoms with Crippen molar-refractivity contribution >= 4 is 5.97 Å². The highest BCUT2D eigenvalue weighted by molar-refractivity contribution is 5.82. The fourth-order valence-electron chi connectivity index (χ4n) is 2.25. The van der Waals surface area contributed by atoms with Crippen molar-refractivity contribution in [3.63, 3.8) is 0 Å². The van der Waals surface area contributed by atoms with E-state index in [1.54, 1.807) is 13.0 Å². The molecule has 0 saturated heterocycles. The van der Waals surface area contributed by atoms with Gasteiger partial charge in [-0.2, -0.15) is 0 Å². The second-order valence-corrected chi connectivity index (χ2v) is 5.04. The molecule has 1 atom stereocenters. The Morgan fingerprint density at radius 3 is 2.88 bits per heavy atom. The van der Waals surface area contributed by atoms with E-state index in [9.17, 15) is 4.79 Å². The van der Waals surface area contributed by atoms with E-state index in [0.29, 0.717) is 6.61 Å². The largest absolute Gasteiger partial charge is 0.463 e. The first-order valence-electron chi connectivity index (χ1n) is 6.18. The zero-order chi connectivity index (χ0) is 12.9. The molecule has 1 saturated carbocycles. The zero-order valence-electron chi connectivity index (χ0n) is 10.9. The lowest BCUT2D eigenvalue weighted by molar-refractivity contribution is -0.327. The van der Waals surface area contributed by atoms with E-state index in [-0.39, 0.29) is 11.9 Å². The predicted molar refractivity (Wildman–Crippen MR) is 64.5 cm³/mol. The van der Waals surface area contributed by atoms with E-state index in [4.69, 9.17) is 9.99 Å². The average molecular weight is 242 g/mol. The summed E-state index contributed by atoms with van der Waals surface area (Å²) in [6.45, 7) is 5.93. The van der Waals surface area contributed by atoms with E-state index in [0.717, 1.165) is 31.3 Å². The van der Waals surface area contributed by atoms with Crippen molar-refractivity contribution in [1.82, 2.24) is 0 Å². The van der Waals surface area contributed by atoms with Gasteiger partial charge in [0.25, 0.3) is 0 Å². The molecule has 1 aliphatic carbocycles. The molecule has 0 bridgehead atoms. The van der Waals surface area contributed by atoms with Crippen LogP contribution in [0.5, 0.6) is 0 Å². The van der Waals surface area contributed by atoms with Crippen molar-refractivity contribution in [2.45, 2.75) is 52.1 Å². The first-order valence-corrected chi connectivity index (χ1v) is 6.18. The molecule has 0 aromatic rings. The minimum Gasteiger partial charge on any atom is -0.463 e. The number of carbonyl (C=O) groups is 1. The summed E-state index contributed by atoms with van der Waals surface area (Å²) in [5.74, 6) is -0.0344. The number of hydrogen-bond acceptors (Lipinski definition) is 4. The fourth-order valence-corrected chi connectivity index (χ4v) is 2.25. The molecular formula is C13H22O4. The third kappa shape index (κ3) is 4.13. The Bertz CT molecular complexity index is 294. The maximum Gasteiger partial charge on any atom is 0.330 e. The van der Waals surface area contributed by atoms with Crippen LogP contribution < -0.4 is 0 Å². The molecule has 0 aromatic heterocycles. The number of hydrogen-bond donors (Lipinski definition) is 1. The Hall–Kier alpha value is -0.870. The normalized spacial score (nSPS) is 23.8. The summed E-state index contributed by atoms with van der Waals surface area (Å²) in [6.07, 6.45) is 5.32. The van der Waals surface area contributed by atoms with Gasteiger partial charge in [-0.15, -0.1) is 0 Å². The van der Waals surface area contributed by atoms with Gasteiger partial charge in [-0.3, -0.25) is 5.26 Å². The molecule has 17 heavy (non-hydrogen) atoms. The molecule has 0 aromatic carbocycles. The van der Waals surface area contributed by atoms with Crippen molar-refractivity contribution in [3.8, 4) is 0 Å². The Morgan fingerprint density at radius 2 is 2.29 bits per heavy atom. The summed E-state index contributed by atoms with van der Waals surface area (Å²) in [6, 6.07) is 0. The molecule has 0 unspecified atom stereocenters. The molecule has 0 amide bonds. The Labute approximate surface area is 103 Å². The summed E-state index contributed by atoms with van der Waals surface area (Å²) in [4.78, 5) is 15.9. The number of allylic oxidation sites excluding steroid dienone is 1. The lowest BCUT2D eigenvalue weighted by atomic mass is 9.76. The average Bonchev–Trinajstić information content (AvgIpc) is 2.29. The van der Waals surface area contributed by atoms with E-state index in [2.05, 4.69) is 4.89 Å². The van der Waals surface area contributed by atoms with Crippen molar-refractivity contribution < 1.29 is 19.7 Å². The van der Waals surface area contributed by atoms with Crippen LogP contribution in [0, 0.1) is 5.92 Å². The molecular weight excluding hydrogens is 220 g/mol. The molecule has 1 fully saturated rings. The van der Waals surface area contributed by atoms with Gasteiger partial charge < -0.3 is 4.74 Å². The monoisotopic (exact) mass is 242 g/mol. The van der Waals surface area contributed by atoms with Crippen molar-refractivity contribution in [3.05, 3.63) is 11.6 Å². The SMILES string of the molecule is CCOC(=O)/C=C1\CCC[C@@H](C(C)(C)OO)C1. The van der Waals surface area contributed by atoms with Gasteiger partial charge in [-0.25, -0.2) is 9.68 Å². The molecule has 4 nitrogen and oxygen atoms in total. The van der Waals surface area contributed by atoms with Crippen LogP contribution in [0.15, 0.2) is 11.6 Å². The van der Waals surface area contributed by atoms with Crippen LogP contribution in [0.3, 0.4) is 0 Å². The Morgan fingerprint density at radius 1 is 1.59 bits per heavy atom. The molecule has 1 aliphatic rings. The predicted octanol–water partition coefficient (Wildman–Crippen LogP) is 2.93. The molecule has 0 heterocycles. The standard InChI is InChI=1S/C13H22O4/c1-4-16-12(14)9-10-6-5-7-11(8-10)13(2,3)17-15/h9,11,15H,4-8H2,1-3H3/b10-9+/t11-/m1/s1. The Kier molecular flexibility index (Phi) is 5.15. The number of esters is 1. The highest BCUT2D eigenvalue weighted by Gasteiger charge is 2.33. The number of rotatable bonds is 4.